The van der Waals surface area contributed by atoms with Crippen LogP contribution in [0.4, 0.5) is 0 Å². The Kier molecular flexibility index (Phi) is 5.96. The average molecular weight is 329 g/mol. The fourth-order valence-electron chi connectivity index (χ4n) is 2.20. The fraction of sp³-hybridized carbons (Fsp3) is 0.533. The van der Waals surface area contributed by atoms with Crippen LogP contribution in [0.2, 0.25) is 0 Å². The molecule has 0 spiro atoms. The second-order valence-electron chi connectivity index (χ2n) is 5.66. The van der Waals surface area contributed by atoms with Crippen molar-refractivity contribution in [2.75, 3.05) is 7.11 Å². The zero-order valence-electron chi connectivity index (χ0n) is 13.5. The van der Waals surface area contributed by atoms with Crippen molar-refractivity contribution >= 4 is 16.0 Å². The summed E-state index contributed by atoms with van der Waals surface area (Å²) < 4.78 is 32.4. The quantitative estimate of drug-likeness (QED) is 0.799. The van der Waals surface area contributed by atoms with E-state index >= 15 is 0 Å². The molecular weight excluding hydrogens is 306 g/mol. The Morgan fingerprint density at radius 1 is 1.27 bits per heavy atom. The number of aliphatic carboxylic acids is 1. The van der Waals surface area contributed by atoms with Crippen LogP contribution < -0.4 is 9.46 Å². The molecular formula is C15H23NO5S. The van der Waals surface area contributed by atoms with Crippen LogP contribution in [0, 0.1) is 19.8 Å². The molecule has 0 aliphatic rings. The van der Waals surface area contributed by atoms with E-state index in [2.05, 4.69) is 4.72 Å². The standard InChI is InChI=1S/C15H23NO5S/c1-9(2)8-12(15(17)18)16-22(19,20)14-7-6-13(21-5)10(3)11(14)4/h6-7,9,12,16H,8H2,1-5H3,(H,17,18). The minimum absolute atomic E-state index is 0.0579. The van der Waals surface area contributed by atoms with Crippen molar-refractivity contribution in [1.29, 1.82) is 0 Å². The van der Waals surface area contributed by atoms with E-state index in [0.717, 1.165) is 0 Å². The summed E-state index contributed by atoms with van der Waals surface area (Å²) >= 11 is 0. The maximum atomic E-state index is 12.5. The first-order valence-corrected chi connectivity index (χ1v) is 8.47. The first-order valence-electron chi connectivity index (χ1n) is 6.99. The molecule has 0 bridgehead atoms. The number of methoxy groups -OCH3 is 1. The van der Waals surface area contributed by atoms with Gasteiger partial charge in [0.2, 0.25) is 10.0 Å². The van der Waals surface area contributed by atoms with Crippen LogP contribution >= 0.6 is 0 Å². The Labute approximate surface area is 131 Å². The van der Waals surface area contributed by atoms with Gasteiger partial charge in [0.05, 0.1) is 12.0 Å². The molecule has 2 N–H and O–H groups in total. The zero-order chi connectivity index (χ0) is 17.1. The molecule has 0 aliphatic carbocycles. The van der Waals surface area contributed by atoms with E-state index in [0.29, 0.717) is 16.9 Å². The van der Waals surface area contributed by atoms with Crippen molar-refractivity contribution in [1.82, 2.24) is 4.72 Å². The Balaban J connectivity index is 3.19. The average Bonchev–Trinajstić information content (AvgIpc) is 2.39. The molecule has 22 heavy (non-hydrogen) atoms. The lowest BCUT2D eigenvalue weighted by Gasteiger charge is -2.18. The lowest BCUT2D eigenvalue weighted by molar-refractivity contribution is -0.139. The number of hydrogen-bond donors (Lipinski definition) is 2. The second kappa shape index (κ2) is 7.11. The van der Waals surface area contributed by atoms with E-state index in [1.807, 2.05) is 13.8 Å². The predicted molar refractivity (Wildman–Crippen MR) is 83.7 cm³/mol. The van der Waals surface area contributed by atoms with E-state index in [4.69, 9.17) is 4.74 Å². The van der Waals surface area contributed by atoms with Gasteiger partial charge in [-0.2, -0.15) is 4.72 Å². The number of nitrogens with one attached hydrogen (secondary N) is 1. The van der Waals surface area contributed by atoms with E-state index in [1.54, 1.807) is 19.9 Å². The van der Waals surface area contributed by atoms with Crippen LogP contribution in [0.15, 0.2) is 17.0 Å². The molecule has 7 heteroatoms. The molecule has 0 saturated heterocycles. The van der Waals surface area contributed by atoms with Gasteiger partial charge in [-0.05, 0) is 49.4 Å². The summed E-state index contributed by atoms with van der Waals surface area (Å²) in [6, 6.07) is 1.85. The van der Waals surface area contributed by atoms with Gasteiger partial charge in [0.15, 0.2) is 0 Å². The molecule has 1 aromatic carbocycles. The van der Waals surface area contributed by atoms with Crippen LogP contribution in [0.3, 0.4) is 0 Å². The number of carbonyl (C=O) groups is 1. The summed E-state index contributed by atoms with van der Waals surface area (Å²) in [5, 5.41) is 9.19. The number of hydrogen-bond acceptors (Lipinski definition) is 4. The highest BCUT2D eigenvalue weighted by atomic mass is 32.2. The first kappa shape index (κ1) is 18.4. The summed E-state index contributed by atoms with van der Waals surface area (Å²) in [5.74, 6) is -0.531. The number of carboxylic acid groups (broad SMARTS) is 1. The van der Waals surface area contributed by atoms with Crippen molar-refractivity contribution in [3.05, 3.63) is 23.3 Å². The smallest absolute Gasteiger partial charge is 0.321 e. The maximum absolute atomic E-state index is 12.5. The molecule has 0 heterocycles. The van der Waals surface area contributed by atoms with Crippen molar-refractivity contribution < 1.29 is 23.1 Å². The van der Waals surface area contributed by atoms with E-state index in [-0.39, 0.29) is 17.2 Å². The number of ether oxygens (including phenoxy) is 1. The minimum atomic E-state index is -3.91. The SMILES string of the molecule is COc1ccc(S(=O)(=O)NC(CC(C)C)C(=O)O)c(C)c1C. The van der Waals surface area contributed by atoms with Gasteiger partial charge >= 0.3 is 5.97 Å². The lowest BCUT2D eigenvalue weighted by atomic mass is 10.1. The molecule has 0 fully saturated rings. The summed E-state index contributed by atoms with van der Waals surface area (Å²) in [4.78, 5) is 11.3. The Morgan fingerprint density at radius 3 is 2.32 bits per heavy atom. The number of sulfonamides is 1. The summed E-state index contributed by atoms with van der Waals surface area (Å²) in [7, 11) is -2.40. The lowest BCUT2D eigenvalue weighted by Crippen LogP contribution is -2.41. The molecule has 0 saturated carbocycles. The molecule has 0 aliphatic heterocycles. The molecule has 0 aromatic heterocycles. The summed E-state index contributed by atoms with van der Waals surface area (Å²) in [6.07, 6.45) is 0.225. The van der Waals surface area contributed by atoms with Gasteiger partial charge in [-0.25, -0.2) is 8.42 Å². The van der Waals surface area contributed by atoms with Crippen LogP contribution in [0.1, 0.15) is 31.4 Å². The summed E-state index contributed by atoms with van der Waals surface area (Å²) in [5.41, 5.74) is 1.25. The van der Waals surface area contributed by atoms with Crippen LogP contribution in [-0.2, 0) is 14.8 Å². The van der Waals surface area contributed by atoms with Crippen molar-refractivity contribution in [2.45, 2.75) is 45.1 Å². The van der Waals surface area contributed by atoms with E-state index < -0.39 is 22.0 Å². The molecule has 1 rings (SSSR count). The third kappa shape index (κ3) is 4.20. The second-order valence-corrected chi connectivity index (χ2v) is 7.34. The monoisotopic (exact) mass is 329 g/mol. The van der Waals surface area contributed by atoms with Crippen molar-refractivity contribution in [3.8, 4) is 5.75 Å². The largest absolute Gasteiger partial charge is 0.496 e. The van der Waals surface area contributed by atoms with Crippen LogP contribution in [0.25, 0.3) is 0 Å². The molecule has 1 atom stereocenters. The molecule has 6 nitrogen and oxygen atoms in total. The Morgan fingerprint density at radius 2 is 1.86 bits per heavy atom. The van der Waals surface area contributed by atoms with Crippen molar-refractivity contribution in [2.24, 2.45) is 5.92 Å². The molecule has 0 amide bonds. The van der Waals surface area contributed by atoms with Gasteiger partial charge in [0.1, 0.15) is 11.8 Å². The summed E-state index contributed by atoms with van der Waals surface area (Å²) in [6.45, 7) is 7.11. The molecule has 1 aromatic rings. The van der Waals surface area contributed by atoms with Crippen LogP contribution in [0.5, 0.6) is 5.75 Å². The molecule has 1 unspecified atom stereocenters. The van der Waals surface area contributed by atoms with Gasteiger partial charge in [0, 0.05) is 0 Å². The zero-order valence-corrected chi connectivity index (χ0v) is 14.3. The topological polar surface area (TPSA) is 92.7 Å². The predicted octanol–water partition coefficient (Wildman–Crippen LogP) is 2.09. The van der Waals surface area contributed by atoms with Crippen LogP contribution in [-0.4, -0.2) is 32.6 Å². The Hall–Kier alpha value is -1.60. The maximum Gasteiger partial charge on any atom is 0.321 e. The third-order valence-electron chi connectivity index (χ3n) is 3.50. The Bertz CT molecular complexity index is 652. The number of benzene rings is 1. The first-order chi connectivity index (χ1) is 10.1. The van der Waals surface area contributed by atoms with E-state index in [1.165, 1.54) is 13.2 Å². The van der Waals surface area contributed by atoms with Crippen molar-refractivity contribution in [3.63, 3.8) is 0 Å². The third-order valence-corrected chi connectivity index (χ3v) is 5.12. The highest BCUT2D eigenvalue weighted by Crippen LogP contribution is 2.27. The highest BCUT2D eigenvalue weighted by molar-refractivity contribution is 7.89. The fourth-order valence-corrected chi connectivity index (χ4v) is 3.71. The normalized spacial score (nSPS) is 13.2. The number of carboxylic acids is 1. The van der Waals surface area contributed by atoms with Gasteiger partial charge in [0.25, 0.3) is 0 Å². The minimum Gasteiger partial charge on any atom is -0.496 e. The van der Waals surface area contributed by atoms with E-state index in [9.17, 15) is 18.3 Å². The molecule has 0 radical (unpaired) electrons. The van der Waals surface area contributed by atoms with Gasteiger partial charge < -0.3 is 9.84 Å². The highest BCUT2D eigenvalue weighted by Gasteiger charge is 2.27. The van der Waals surface area contributed by atoms with Gasteiger partial charge in [-0.1, -0.05) is 13.8 Å². The molecule has 124 valence electrons. The number of rotatable bonds is 7. The van der Waals surface area contributed by atoms with Gasteiger partial charge in [-0.3, -0.25) is 4.79 Å². The van der Waals surface area contributed by atoms with Gasteiger partial charge in [-0.15, -0.1) is 0 Å².